The van der Waals surface area contributed by atoms with Crippen molar-refractivity contribution < 1.29 is 13.5 Å². The minimum atomic E-state index is -3.49. The van der Waals surface area contributed by atoms with Crippen LogP contribution in [-0.2, 0) is 15.4 Å². The van der Waals surface area contributed by atoms with Gasteiger partial charge in [-0.15, -0.1) is 0 Å². The lowest BCUT2D eigenvalue weighted by molar-refractivity contribution is 0.258. The van der Waals surface area contributed by atoms with Gasteiger partial charge in [-0.25, -0.2) is 8.42 Å². The van der Waals surface area contributed by atoms with Crippen molar-refractivity contribution in [1.29, 1.82) is 0 Å². The molecule has 4 nitrogen and oxygen atoms in total. The monoisotopic (exact) mass is 349 g/mol. The van der Waals surface area contributed by atoms with Gasteiger partial charge in [0.2, 0.25) is 10.0 Å². The molecular formula is C13H20BrNO3S. The third-order valence-corrected chi connectivity index (χ3v) is 5.53. The molecule has 0 fully saturated rings. The van der Waals surface area contributed by atoms with Gasteiger partial charge < -0.3 is 5.11 Å². The molecule has 0 atom stereocenters. The molecule has 1 rings (SSSR count). The Kier molecular flexibility index (Phi) is 6.46. The highest BCUT2D eigenvalue weighted by Crippen LogP contribution is 2.19. The van der Waals surface area contributed by atoms with E-state index < -0.39 is 10.0 Å². The molecular weight excluding hydrogens is 330 g/mol. The summed E-state index contributed by atoms with van der Waals surface area (Å²) >= 11 is 3.33. The zero-order valence-electron chi connectivity index (χ0n) is 11.2. The smallest absolute Gasteiger partial charge is 0.243 e. The second-order valence-electron chi connectivity index (χ2n) is 4.56. The molecule has 0 aliphatic rings. The lowest BCUT2D eigenvalue weighted by Crippen LogP contribution is -2.38. The Hall–Kier alpha value is -0.430. The van der Waals surface area contributed by atoms with Gasteiger partial charge in [-0.2, -0.15) is 4.31 Å². The maximum Gasteiger partial charge on any atom is 0.243 e. The van der Waals surface area contributed by atoms with Gasteiger partial charge in [0.1, 0.15) is 0 Å². The molecule has 0 heterocycles. The van der Waals surface area contributed by atoms with Gasteiger partial charge in [0.15, 0.2) is 0 Å². The van der Waals surface area contributed by atoms with E-state index in [1.807, 2.05) is 13.8 Å². The summed E-state index contributed by atoms with van der Waals surface area (Å²) in [6.07, 6.45) is 0.441. The summed E-state index contributed by atoms with van der Waals surface area (Å²) in [5.74, 6) is 0. The van der Waals surface area contributed by atoms with E-state index in [9.17, 15) is 8.42 Å². The zero-order chi connectivity index (χ0) is 14.5. The number of nitrogens with zero attached hydrogens (tertiary/aromatic N) is 1. The minimum Gasteiger partial charge on any atom is -0.396 e. The Labute approximate surface area is 123 Å². The summed E-state index contributed by atoms with van der Waals surface area (Å²) in [4.78, 5) is 0.295. The Morgan fingerprint density at radius 3 is 2.26 bits per heavy atom. The predicted octanol–water partition coefficient (Wildman–Crippen LogP) is 2.36. The normalized spacial score (nSPS) is 12.3. The number of hydrogen-bond donors (Lipinski definition) is 1. The Morgan fingerprint density at radius 2 is 1.84 bits per heavy atom. The maximum atomic E-state index is 12.5. The first-order chi connectivity index (χ1) is 8.93. The van der Waals surface area contributed by atoms with Crippen LogP contribution < -0.4 is 0 Å². The largest absolute Gasteiger partial charge is 0.396 e. The molecule has 0 amide bonds. The van der Waals surface area contributed by atoms with Crippen molar-refractivity contribution in [3.05, 3.63) is 29.8 Å². The lowest BCUT2D eigenvalue weighted by Gasteiger charge is -2.25. The summed E-state index contributed by atoms with van der Waals surface area (Å²) in [6, 6.07) is 6.71. The van der Waals surface area contributed by atoms with Crippen LogP contribution in [0.4, 0.5) is 0 Å². The number of rotatable bonds is 7. The molecule has 1 aromatic carbocycles. The molecule has 0 unspecified atom stereocenters. The van der Waals surface area contributed by atoms with Gasteiger partial charge in [-0.05, 0) is 38.0 Å². The fraction of sp³-hybridized carbons (Fsp3) is 0.538. The maximum absolute atomic E-state index is 12.5. The average Bonchev–Trinajstić information content (AvgIpc) is 2.38. The van der Waals surface area contributed by atoms with Crippen LogP contribution in [0, 0.1) is 0 Å². The van der Waals surface area contributed by atoms with E-state index in [0.717, 1.165) is 5.56 Å². The molecule has 0 spiro atoms. The molecule has 0 saturated heterocycles. The summed E-state index contributed by atoms with van der Waals surface area (Å²) in [6.45, 7) is 3.99. The second kappa shape index (κ2) is 7.38. The summed E-state index contributed by atoms with van der Waals surface area (Å²) < 4.78 is 26.4. The Balaban J connectivity index is 3.04. The van der Waals surface area contributed by atoms with E-state index in [4.69, 9.17) is 5.11 Å². The fourth-order valence-corrected chi connectivity index (χ4v) is 3.82. The highest BCUT2D eigenvalue weighted by Gasteiger charge is 2.26. The topological polar surface area (TPSA) is 57.6 Å². The van der Waals surface area contributed by atoms with Crippen molar-refractivity contribution in [2.45, 2.75) is 36.5 Å². The van der Waals surface area contributed by atoms with Crippen LogP contribution in [0.5, 0.6) is 0 Å². The number of hydrogen-bond acceptors (Lipinski definition) is 3. The standard InChI is InChI=1S/C13H20BrNO3S/c1-11(2)15(8-3-9-16)19(17,18)13-6-4-12(10-14)5-7-13/h4-7,11,16H,3,8-10H2,1-2H3. The Bertz CT molecular complexity index is 485. The van der Waals surface area contributed by atoms with Gasteiger partial charge in [0, 0.05) is 24.5 Å². The molecule has 0 bridgehead atoms. The molecule has 1 aromatic rings. The van der Waals surface area contributed by atoms with Crippen molar-refractivity contribution >= 4 is 26.0 Å². The van der Waals surface area contributed by atoms with Crippen LogP contribution >= 0.6 is 15.9 Å². The SMILES string of the molecule is CC(C)N(CCCO)S(=O)(=O)c1ccc(CBr)cc1. The van der Waals surface area contributed by atoms with Crippen LogP contribution in [0.1, 0.15) is 25.8 Å². The number of benzene rings is 1. The molecule has 0 aromatic heterocycles. The van der Waals surface area contributed by atoms with Gasteiger partial charge in [-0.1, -0.05) is 28.1 Å². The first-order valence-electron chi connectivity index (χ1n) is 6.21. The van der Waals surface area contributed by atoms with Crippen molar-refractivity contribution in [3.63, 3.8) is 0 Å². The van der Waals surface area contributed by atoms with Crippen LogP contribution in [0.25, 0.3) is 0 Å². The van der Waals surface area contributed by atoms with Gasteiger partial charge in [0.05, 0.1) is 4.90 Å². The van der Waals surface area contributed by atoms with Crippen molar-refractivity contribution in [3.8, 4) is 0 Å². The first-order valence-corrected chi connectivity index (χ1v) is 8.77. The van der Waals surface area contributed by atoms with Crippen LogP contribution in [-0.4, -0.2) is 37.0 Å². The van der Waals surface area contributed by atoms with E-state index in [0.29, 0.717) is 23.2 Å². The zero-order valence-corrected chi connectivity index (χ0v) is 13.6. The molecule has 6 heteroatoms. The number of halogens is 1. The minimum absolute atomic E-state index is 0.0126. The van der Waals surface area contributed by atoms with Gasteiger partial charge in [-0.3, -0.25) is 0 Å². The van der Waals surface area contributed by atoms with E-state index >= 15 is 0 Å². The van der Waals surface area contributed by atoms with Crippen molar-refractivity contribution in [1.82, 2.24) is 4.31 Å². The van der Waals surface area contributed by atoms with E-state index in [1.54, 1.807) is 24.3 Å². The fourth-order valence-electron chi connectivity index (χ4n) is 1.77. The molecule has 108 valence electrons. The third kappa shape index (κ3) is 4.27. The highest BCUT2D eigenvalue weighted by molar-refractivity contribution is 9.08. The second-order valence-corrected chi connectivity index (χ2v) is 7.02. The van der Waals surface area contributed by atoms with E-state index in [-0.39, 0.29) is 12.6 Å². The van der Waals surface area contributed by atoms with Crippen LogP contribution in [0.15, 0.2) is 29.2 Å². The first kappa shape index (κ1) is 16.6. The predicted molar refractivity (Wildman–Crippen MR) is 79.8 cm³/mol. The molecule has 0 aliphatic heterocycles. The van der Waals surface area contributed by atoms with E-state index in [1.165, 1.54) is 4.31 Å². The van der Waals surface area contributed by atoms with Gasteiger partial charge in [0.25, 0.3) is 0 Å². The lowest BCUT2D eigenvalue weighted by atomic mass is 10.2. The highest BCUT2D eigenvalue weighted by atomic mass is 79.9. The molecule has 0 aliphatic carbocycles. The van der Waals surface area contributed by atoms with Crippen molar-refractivity contribution in [2.75, 3.05) is 13.2 Å². The quantitative estimate of drug-likeness (QED) is 0.768. The van der Waals surface area contributed by atoms with Crippen LogP contribution in [0.2, 0.25) is 0 Å². The van der Waals surface area contributed by atoms with E-state index in [2.05, 4.69) is 15.9 Å². The summed E-state index contributed by atoms with van der Waals surface area (Å²) in [5, 5.41) is 9.57. The number of alkyl halides is 1. The molecule has 0 saturated carbocycles. The average molecular weight is 350 g/mol. The number of aliphatic hydroxyl groups is 1. The molecule has 19 heavy (non-hydrogen) atoms. The third-order valence-electron chi connectivity index (χ3n) is 2.80. The van der Waals surface area contributed by atoms with Gasteiger partial charge >= 0.3 is 0 Å². The molecule has 0 radical (unpaired) electrons. The van der Waals surface area contributed by atoms with Crippen molar-refractivity contribution in [2.24, 2.45) is 0 Å². The number of sulfonamides is 1. The summed E-state index contributed by atoms with van der Waals surface area (Å²) in [5.41, 5.74) is 1.03. The molecule has 1 N–H and O–H groups in total. The van der Waals surface area contributed by atoms with Crippen LogP contribution in [0.3, 0.4) is 0 Å². The summed E-state index contributed by atoms with van der Waals surface area (Å²) in [7, 11) is -3.49. The Morgan fingerprint density at radius 1 is 1.26 bits per heavy atom. The number of aliphatic hydroxyl groups excluding tert-OH is 1.